The Morgan fingerprint density at radius 1 is 1.26 bits per heavy atom. The number of piperidine rings is 1. The van der Waals surface area contributed by atoms with Gasteiger partial charge in [0.05, 0.1) is 18.0 Å². The van der Waals surface area contributed by atoms with E-state index < -0.39 is 11.7 Å². The fraction of sp³-hybridized carbons (Fsp3) is 0.368. The van der Waals surface area contributed by atoms with Crippen molar-refractivity contribution in [1.29, 1.82) is 0 Å². The average molecular weight is 396 g/mol. The molecule has 27 heavy (non-hydrogen) atoms. The number of halogens is 3. The molecule has 1 fully saturated rings. The predicted molar refractivity (Wildman–Crippen MR) is 95.8 cm³/mol. The minimum absolute atomic E-state index is 0.0669. The van der Waals surface area contributed by atoms with E-state index >= 15 is 0 Å². The van der Waals surface area contributed by atoms with Gasteiger partial charge in [-0.25, -0.2) is 0 Å². The number of alkyl halides is 3. The van der Waals surface area contributed by atoms with Crippen molar-refractivity contribution in [1.82, 2.24) is 10.2 Å². The maximum Gasteiger partial charge on any atom is 0.416 e. The summed E-state index contributed by atoms with van der Waals surface area (Å²) in [7, 11) is 0. The molecule has 1 N–H and O–H groups in total. The van der Waals surface area contributed by atoms with E-state index in [-0.39, 0.29) is 37.2 Å². The monoisotopic (exact) mass is 396 g/mol. The largest absolute Gasteiger partial charge is 0.416 e. The number of hydrogen-bond donors (Lipinski definition) is 1. The van der Waals surface area contributed by atoms with Crippen LogP contribution in [0.25, 0.3) is 0 Å². The van der Waals surface area contributed by atoms with Gasteiger partial charge in [0.1, 0.15) is 0 Å². The standard InChI is InChI=1S/C19H19F3N2O2S/c20-19(21,22)15-4-1-3-13(9-15)11-24-12-14(6-7-17(24)25)18(26)23-10-16-5-2-8-27-16/h1-5,8-9,14H,6-7,10-12H2,(H,23,26)/t14-/m0/s1. The van der Waals surface area contributed by atoms with Crippen LogP contribution in [0.5, 0.6) is 0 Å². The van der Waals surface area contributed by atoms with Gasteiger partial charge in [-0.1, -0.05) is 18.2 Å². The number of amides is 2. The Hall–Kier alpha value is -2.35. The first-order valence-corrected chi connectivity index (χ1v) is 9.45. The van der Waals surface area contributed by atoms with Crippen LogP contribution in [-0.2, 0) is 28.9 Å². The van der Waals surface area contributed by atoms with Gasteiger partial charge in [-0.15, -0.1) is 11.3 Å². The lowest BCUT2D eigenvalue weighted by Crippen LogP contribution is -2.45. The van der Waals surface area contributed by atoms with Crippen LogP contribution in [0.1, 0.15) is 28.8 Å². The summed E-state index contributed by atoms with van der Waals surface area (Å²) in [5, 5.41) is 4.80. The first-order chi connectivity index (χ1) is 12.8. The van der Waals surface area contributed by atoms with E-state index in [0.29, 0.717) is 18.5 Å². The van der Waals surface area contributed by atoms with Gasteiger partial charge in [0.25, 0.3) is 0 Å². The summed E-state index contributed by atoms with van der Waals surface area (Å²) < 4.78 is 38.6. The van der Waals surface area contributed by atoms with Crippen molar-refractivity contribution < 1.29 is 22.8 Å². The highest BCUT2D eigenvalue weighted by atomic mass is 32.1. The zero-order valence-electron chi connectivity index (χ0n) is 14.5. The molecule has 4 nitrogen and oxygen atoms in total. The molecule has 1 aromatic heterocycles. The highest BCUT2D eigenvalue weighted by molar-refractivity contribution is 7.09. The minimum atomic E-state index is -4.42. The van der Waals surface area contributed by atoms with Crippen molar-refractivity contribution in [2.45, 2.75) is 32.1 Å². The van der Waals surface area contributed by atoms with E-state index in [4.69, 9.17) is 0 Å². The smallest absolute Gasteiger partial charge is 0.351 e. The lowest BCUT2D eigenvalue weighted by atomic mass is 9.96. The molecule has 1 aromatic carbocycles. The Morgan fingerprint density at radius 3 is 2.78 bits per heavy atom. The molecular weight excluding hydrogens is 377 g/mol. The first kappa shape index (κ1) is 19.4. The Morgan fingerprint density at radius 2 is 2.07 bits per heavy atom. The molecule has 2 amide bonds. The van der Waals surface area contributed by atoms with Crippen LogP contribution in [0.4, 0.5) is 13.2 Å². The molecule has 0 bridgehead atoms. The van der Waals surface area contributed by atoms with Crippen molar-refractivity contribution >= 4 is 23.2 Å². The van der Waals surface area contributed by atoms with Gasteiger partial charge in [0, 0.05) is 24.4 Å². The molecule has 0 spiro atoms. The van der Waals surface area contributed by atoms with Crippen LogP contribution in [0.2, 0.25) is 0 Å². The molecule has 1 aliphatic rings. The molecule has 1 aliphatic heterocycles. The number of likely N-dealkylation sites (tertiary alicyclic amines) is 1. The number of nitrogens with zero attached hydrogens (tertiary/aromatic N) is 1. The zero-order valence-corrected chi connectivity index (χ0v) is 15.3. The van der Waals surface area contributed by atoms with Gasteiger partial charge in [0.2, 0.25) is 11.8 Å². The molecule has 0 unspecified atom stereocenters. The van der Waals surface area contributed by atoms with E-state index in [2.05, 4.69) is 5.32 Å². The van der Waals surface area contributed by atoms with Crippen LogP contribution >= 0.6 is 11.3 Å². The third-order valence-electron chi connectivity index (χ3n) is 4.52. The van der Waals surface area contributed by atoms with Gasteiger partial charge in [-0.2, -0.15) is 13.2 Å². The topological polar surface area (TPSA) is 49.4 Å². The molecule has 144 valence electrons. The molecule has 8 heteroatoms. The van der Waals surface area contributed by atoms with Gasteiger partial charge < -0.3 is 10.2 Å². The average Bonchev–Trinajstić information content (AvgIpc) is 3.14. The van der Waals surface area contributed by atoms with E-state index in [0.717, 1.165) is 17.0 Å². The fourth-order valence-electron chi connectivity index (χ4n) is 3.08. The molecule has 1 atom stereocenters. The predicted octanol–water partition coefficient (Wildman–Crippen LogP) is 3.82. The maximum absolute atomic E-state index is 12.9. The summed E-state index contributed by atoms with van der Waals surface area (Å²) in [4.78, 5) is 27.1. The second-order valence-electron chi connectivity index (χ2n) is 6.51. The normalized spacial score (nSPS) is 17.8. The van der Waals surface area contributed by atoms with Gasteiger partial charge in [-0.05, 0) is 35.6 Å². The van der Waals surface area contributed by atoms with Gasteiger partial charge in [0.15, 0.2) is 0 Å². The number of benzene rings is 1. The van der Waals surface area contributed by atoms with Crippen LogP contribution in [0, 0.1) is 5.92 Å². The number of nitrogens with one attached hydrogen (secondary N) is 1. The lowest BCUT2D eigenvalue weighted by molar-refractivity contribution is -0.139. The Bertz CT molecular complexity index is 806. The second kappa shape index (κ2) is 8.12. The summed E-state index contributed by atoms with van der Waals surface area (Å²) in [5.41, 5.74) is -0.340. The van der Waals surface area contributed by atoms with Crippen LogP contribution in [-0.4, -0.2) is 23.3 Å². The van der Waals surface area contributed by atoms with E-state index in [1.807, 2.05) is 17.5 Å². The van der Waals surface area contributed by atoms with Crippen molar-refractivity contribution in [3.63, 3.8) is 0 Å². The number of carbonyl (C=O) groups is 2. The molecule has 2 heterocycles. The minimum Gasteiger partial charge on any atom is -0.351 e. The quantitative estimate of drug-likeness (QED) is 0.835. The number of rotatable bonds is 5. The summed E-state index contributed by atoms with van der Waals surface area (Å²) in [6.45, 7) is 0.720. The number of thiophene rings is 1. The molecule has 0 aliphatic carbocycles. The first-order valence-electron chi connectivity index (χ1n) is 8.57. The maximum atomic E-state index is 12.9. The Kier molecular flexibility index (Phi) is 5.84. The van der Waals surface area contributed by atoms with Crippen LogP contribution in [0.3, 0.4) is 0 Å². The highest BCUT2D eigenvalue weighted by Gasteiger charge is 2.32. The Balaban J connectivity index is 1.62. The van der Waals surface area contributed by atoms with E-state index in [1.165, 1.54) is 11.0 Å². The van der Waals surface area contributed by atoms with Gasteiger partial charge in [-0.3, -0.25) is 9.59 Å². The summed E-state index contributed by atoms with van der Waals surface area (Å²) in [6.07, 6.45) is -3.75. The molecule has 0 saturated carbocycles. The summed E-state index contributed by atoms with van der Waals surface area (Å²) in [5.74, 6) is -0.631. The van der Waals surface area contributed by atoms with Crippen LogP contribution in [0.15, 0.2) is 41.8 Å². The second-order valence-corrected chi connectivity index (χ2v) is 7.54. The van der Waals surface area contributed by atoms with E-state index in [1.54, 1.807) is 17.4 Å². The van der Waals surface area contributed by atoms with Crippen molar-refractivity contribution in [2.75, 3.05) is 6.54 Å². The van der Waals surface area contributed by atoms with Gasteiger partial charge >= 0.3 is 6.18 Å². The summed E-state index contributed by atoms with van der Waals surface area (Å²) in [6, 6.07) is 8.77. The number of hydrogen-bond acceptors (Lipinski definition) is 3. The lowest BCUT2D eigenvalue weighted by Gasteiger charge is -2.32. The van der Waals surface area contributed by atoms with Crippen LogP contribution < -0.4 is 5.32 Å². The molecule has 2 aromatic rings. The third kappa shape index (κ3) is 5.09. The molecular formula is C19H19F3N2O2S. The van der Waals surface area contributed by atoms with Crippen molar-refractivity contribution in [3.8, 4) is 0 Å². The number of carbonyl (C=O) groups excluding carboxylic acids is 2. The molecule has 3 rings (SSSR count). The Labute approximate surface area is 159 Å². The SMILES string of the molecule is O=C(NCc1cccs1)[C@H]1CCC(=O)N(Cc2cccc(C(F)(F)F)c2)C1. The fourth-order valence-corrected chi connectivity index (χ4v) is 3.72. The van der Waals surface area contributed by atoms with Crippen molar-refractivity contribution in [3.05, 3.63) is 57.8 Å². The zero-order chi connectivity index (χ0) is 19.4. The molecule has 1 saturated heterocycles. The van der Waals surface area contributed by atoms with E-state index in [9.17, 15) is 22.8 Å². The summed E-state index contributed by atoms with van der Waals surface area (Å²) >= 11 is 1.55. The molecule has 0 radical (unpaired) electrons. The van der Waals surface area contributed by atoms with Crippen molar-refractivity contribution in [2.24, 2.45) is 5.92 Å². The highest BCUT2D eigenvalue weighted by Crippen LogP contribution is 2.30. The third-order valence-corrected chi connectivity index (χ3v) is 5.39.